The van der Waals surface area contributed by atoms with Gasteiger partial charge in [-0.1, -0.05) is 49.6 Å². The molecule has 6 nitrogen and oxygen atoms in total. The van der Waals surface area contributed by atoms with Gasteiger partial charge in [0.05, 0.1) is 17.2 Å². The lowest BCUT2D eigenvalue weighted by Crippen LogP contribution is -2.41. The van der Waals surface area contributed by atoms with Crippen molar-refractivity contribution < 1.29 is 17.9 Å². The summed E-state index contributed by atoms with van der Waals surface area (Å²) in [5.74, 6) is 1.10. The number of thioether (sulfide) groups is 1. The summed E-state index contributed by atoms with van der Waals surface area (Å²) in [6, 6.07) is 15.1. The average Bonchev–Trinajstić information content (AvgIpc) is 2.84. The minimum Gasteiger partial charge on any atom is -0.492 e. The average molecular weight is 491 g/mol. The Morgan fingerprint density at radius 2 is 1.76 bits per heavy atom. The summed E-state index contributed by atoms with van der Waals surface area (Å²) in [4.78, 5) is 12.9. The lowest BCUT2D eigenvalue weighted by Gasteiger charge is -2.26. The molecule has 1 saturated carbocycles. The van der Waals surface area contributed by atoms with E-state index in [-0.39, 0.29) is 17.3 Å². The van der Waals surface area contributed by atoms with Gasteiger partial charge in [-0.3, -0.25) is 9.10 Å². The summed E-state index contributed by atoms with van der Waals surface area (Å²) in [5.41, 5.74) is 0.353. The van der Waals surface area contributed by atoms with Gasteiger partial charge >= 0.3 is 0 Å². The van der Waals surface area contributed by atoms with Crippen LogP contribution >= 0.6 is 11.8 Å². The smallest absolute Gasteiger partial charge is 0.264 e. The van der Waals surface area contributed by atoms with E-state index in [1.165, 1.54) is 44.2 Å². The standard InChI is InChI=1S/C25H34N2O4S2/c1-2-31-24-17-10-9-16-23(24)27(33(29,30)22-14-7-4-8-15-22)20-25(28)26-18-11-19-32-21-12-5-3-6-13-21/h4,7-10,14-17,21H,2-3,5-6,11-13,18-20H2,1H3,(H,26,28). The zero-order valence-electron chi connectivity index (χ0n) is 19.2. The fraction of sp³-hybridized carbons (Fsp3) is 0.480. The Kier molecular flexibility index (Phi) is 9.94. The first-order valence-electron chi connectivity index (χ1n) is 11.7. The summed E-state index contributed by atoms with van der Waals surface area (Å²) in [5, 5.41) is 3.64. The van der Waals surface area contributed by atoms with Crippen LogP contribution in [0.5, 0.6) is 5.75 Å². The minimum absolute atomic E-state index is 0.132. The molecule has 0 heterocycles. The van der Waals surface area contributed by atoms with Crippen LogP contribution in [0, 0.1) is 0 Å². The van der Waals surface area contributed by atoms with Gasteiger partial charge in [-0.2, -0.15) is 11.8 Å². The van der Waals surface area contributed by atoms with Crippen LogP contribution in [0.3, 0.4) is 0 Å². The zero-order valence-corrected chi connectivity index (χ0v) is 20.9. The molecule has 0 radical (unpaired) electrons. The van der Waals surface area contributed by atoms with Crippen molar-refractivity contribution in [3.05, 3.63) is 54.6 Å². The van der Waals surface area contributed by atoms with Gasteiger partial charge < -0.3 is 10.1 Å². The summed E-state index contributed by atoms with van der Waals surface area (Å²) in [6.07, 6.45) is 7.45. The van der Waals surface area contributed by atoms with Crippen molar-refractivity contribution in [1.29, 1.82) is 0 Å². The van der Waals surface area contributed by atoms with Gasteiger partial charge in [0.2, 0.25) is 5.91 Å². The first kappa shape index (κ1) is 25.4. The van der Waals surface area contributed by atoms with Crippen LogP contribution in [0.4, 0.5) is 5.69 Å². The molecule has 2 aromatic carbocycles. The molecule has 1 aliphatic carbocycles. The Morgan fingerprint density at radius 3 is 2.48 bits per heavy atom. The van der Waals surface area contributed by atoms with E-state index in [4.69, 9.17) is 4.74 Å². The molecule has 0 bridgehead atoms. The number of nitrogens with one attached hydrogen (secondary N) is 1. The molecule has 1 fully saturated rings. The van der Waals surface area contributed by atoms with Gasteiger partial charge in [-0.25, -0.2) is 8.42 Å². The van der Waals surface area contributed by atoms with Crippen LogP contribution in [0.15, 0.2) is 59.5 Å². The van der Waals surface area contributed by atoms with Crippen molar-refractivity contribution in [2.24, 2.45) is 0 Å². The number of hydrogen-bond donors (Lipinski definition) is 1. The van der Waals surface area contributed by atoms with Crippen molar-refractivity contribution in [3.8, 4) is 5.75 Å². The lowest BCUT2D eigenvalue weighted by atomic mass is 10.0. The molecule has 8 heteroatoms. The maximum Gasteiger partial charge on any atom is 0.264 e. The predicted octanol–water partition coefficient (Wildman–Crippen LogP) is 4.85. The van der Waals surface area contributed by atoms with Gasteiger partial charge in [0.15, 0.2) is 0 Å². The molecule has 1 amide bonds. The molecule has 3 rings (SSSR count). The summed E-state index contributed by atoms with van der Waals surface area (Å²) in [6.45, 7) is 2.45. The van der Waals surface area contributed by atoms with Crippen LogP contribution in [0.25, 0.3) is 0 Å². The third kappa shape index (κ3) is 7.40. The van der Waals surface area contributed by atoms with E-state index >= 15 is 0 Å². The Labute approximate surface area is 202 Å². The molecule has 180 valence electrons. The fourth-order valence-corrected chi connectivity index (χ4v) is 6.69. The minimum atomic E-state index is -3.95. The normalized spacial score (nSPS) is 14.6. The number of ether oxygens (including phenoxy) is 1. The molecule has 0 aromatic heterocycles. The molecule has 0 unspecified atom stereocenters. The van der Waals surface area contributed by atoms with Crippen LogP contribution in [0.2, 0.25) is 0 Å². The number of para-hydroxylation sites is 2. The molecular weight excluding hydrogens is 456 g/mol. The van der Waals surface area contributed by atoms with Crippen molar-refractivity contribution in [3.63, 3.8) is 0 Å². The van der Waals surface area contributed by atoms with Crippen LogP contribution in [0.1, 0.15) is 45.4 Å². The number of sulfonamides is 1. The number of amides is 1. The number of carbonyl (C=O) groups excluding carboxylic acids is 1. The van der Waals surface area contributed by atoms with Crippen LogP contribution in [-0.4, -0.2) is 45.0 Å². The number of hydrogen-bond acceptors (Lipinski definition) is 5. The number of benzene rings is 2. The maximum absolute atomic E-state index is 13.5. The Balaban J connectivity index is 1.66. The van der Waals surface area contributed by atoms with Crippen molar-refractivity contribution in [2.45, 2.75) is 55.6 Å². The Hall–Kier alpha value is -2.19. The molecule has 0 saturated heterocycles. The SMILES string of the molecule is CCOc1ccccc1N(CC(=O)NCCCSC1CCCCC1)S(=O)(=O)c1ccccc1. The number of rotatable bonds is 12. The van der Waals surface area contributed by atoms with Gasteiger partial charge in [-0.15, -0.1) is 0 Å². The van der Waals surface area contributed by atoms with Gasteiger partial charge in [0.1, 0.15) is 12.3 Å². The second-order valence-corrected chi connectivity index (χ2v) is 11.3. The highest BCUT2D eigenvalue weighted by Crippen LogP contribution is 2.32. The van der Waals surface area contributed by atoms with E-state index in [9.17, 15) is 13.2 Å². The number of nitrogens with zero attached hydrogens (tertiary/aromatic N) is 1. The number of carbonyl (C=O) groups is 1. The molecule has 33 heavy (non-hydrogen) atoms. The van der Waals surface area contributed by atoms with E-state index in [0.29, 0.717) is 24.6 Å². The van der Waals surface area contributed by atoms with Crippen molar-refractivity contribution >= 4 is 33.4 Å². The van der Waals surface area contributed by atoms with Gasteiger partial charge in [0.25, 0.3) is 10.0 Å². The van der Waals surface area contributed by atoms with Crippen molar-refractivity contribution in [1.82, 2.24) is 5.32 Å². The second kappa shape index (κ2) is 12.9. The molecule has 0 aliphatic heterocycles. The van der Waals surface area contributed by atoms with E-state index < -0.39 is 10.0 Å². The van der Waals surface area contributed by atoms with Gasteiger partial charge in [0, 0.05) is 11.8 Å². The highest BCUT2D eigenvalue weighted by Gasteiger charge is 2.29. The third-order valence-corrected chi connectivity index (χ3v) is 8.84. The largest absolute Gasteiger partial charge is 0.492 e. The Morgan fingerprint density at radius 1 is 1.06 bits per heavy atom. The maximum atomic E-state index is 13.5. The summed E-state index contributed by atoms with van der Waals surface area (Å²) in [7, 11) is -3.95. The first-order chi connectivity index (χ1) is 16.0. The van der Waals surface area contributed by atoms with E-state index in [1.807, 2.05) is 18.7 Å². The third-order valence-electron chi connectivity index (χ3n) is 5.60. The first-order valence-corrected chi connectivity index (χ1v) is 14.2. The molecule has 0 spiro atoms. The molecule has 1 aliphatic rings. The topological polar surface area (TPSA) is 75.7 Å². The highest BCUT2D eigenvalue weighted by atomic mass is 32.2. The summed E-state index contributed by atoms with van der Waals surface area (Å²) >= 11 is 1.99. The second-order valence-electron chi connectivity index (χ2n) is 8.06. The van der Waals surface area contributed by atoms with Crippen LogP contribution < -0.4 is 14.4 Å². The summed E-state index contributed by atoms with van der Waals surface area (Å²) < 4.78 is 33.7. The fourth-order valence-electron chi connectivity index (χ4n) is 3.93. The van der Waals surface area contributed by atoms with Crippen molar-refractivity contribution in [2.75, 3.05) is 29.8 Å². The van der Waals surface area contributed by atoms with Gasteiger partial charge in [-0.05, 0) is 56.2 Å². The zero-order chi connectivity index (χ0) is 23.5. The monoisotopic (exact) mass is 490 g/mol. The van der Waals surface area contributed by atoms with Crippen LogP contribution in [-0.2, 0) is 14.8 Å². The highest BCUT2D eigenvalue weighted by molar-refractivity contribution is 7.99. The van der Waals surface area contributed by atoms with E-state index in [0.717, 1.165) is 21.7 Å². The molecule has 2 aromatic rings. The van der Waals surface area contributed by atoms with E-state index in [1.54, 1.807) is 42.5 Å². The lowest BCUT2D eigenvalue weighted by molar-refractivity contribution is -0.119. The molecular formula is C25H34N2O4S2. The predicted molar refractivity (Wildman–Crippen MR) is 136 cm³/mol. The van der Waals surface area contributed by atoms with E-state index in [2.05, 4.69) is 5.32 Å². The number of anilines is 1. The Bertz CT molecular complexity index is 977. The quantitative estimate of drug-likeness (QED) is 0.430. The molecule has 1 N–H and O–H groups in total. The molecule has 0 atom stereocenters.